The van der Waals surface area contributed by atoms with Crippen LogP contribution in [0, 0.1) is 0 Å². The molecule has 68 valence electrons. The van der Waals surface area contributed by atoms with E-state index in [0.29, 0.717) is 6.42 Å². The van der Waals surface area contributed by atoms with Crippen LogP contribution < -0.4 is 4.90 Å². The van der Waals surface area contributed by atoms with E-state index >= 15 is 0 Å². The van der Waals surface area contributed by atoms with Gasteiger partial charge in [0.25, 0.3) is 0 Å². The third kappa shape index (κ3) is 1.36. The van der Waals surface area contributed by atoms with Crippen LogP contribution in [-0.4, -0.2) is 17.7 Å². The summed E-state index contributed by atoms with van der Waals surface area (Å²) in [6.45, 7) is -0.243. The maximum Gasteiger partial charge on any atom is 0.233 e. The number of halogens is 1. The van der Waals surface area contributed by atoms with Crippen LogP contribution in [0.15, 0.2) is 22.7 Å². The topological polar surface area (TPSA) is 40.5 Å². The Balaban J connectivity index is 2.48. The quantitative estimate of drug-likeness (QED) is 0.806. The molecule has 1 aliphatic rings. The number of hydrogen-bond acceptors (Lipinski definition) is 2. The second kappa shape index (κ2) is 3.12. The molecule has 0 aliphatic carbocycles. The Bertz CT molecular complexity index is 365. The van der Waals surface area contributed by atoms with Gasteiger partial charge in [0, 0.05) is 10.2 Å². The molecular weight excluding hydrogens is 234 g/mol. The molecule has 1 heterocycles. The molecule has 0 radical (unpaired) electrons. The Morgan fingerprint density at radius 1 is 1.54 bits per heavy atom. The monoisotopic (exact) mass is 241 g/mol. The molecule has 13 heavy (non-hydrogen) atoms. The van der Waals surface area contributed by atoms with Gasteiger partial charge in [-0.05, 0) is 23.8 Å². The molecule has 1 aromatic rings. The Hall–Kier alpha value is -0.870. The van der Waals surface area contributed by atoms with Gasteiger partial charge < -0.3 is 5.11 Å². The normalized spacial score (nSPS) is 14.9. The van der Waals surface area contributed by atoms with Crippen molar-refractivity contribution in [1.29, 1.82) is 0 Å². The molecular formula is C9H8BrNO2. The zero-order chi connectivity index (χ0) is 9.42. The summed E-state index contributed by atoms with van der Waals surface area (Å²) in [7, 11) is 0. The van der Waals surface area contributed by atoms with Crippen molar-refractivity contribution in [3.05, 3.63) is 28.2 Å². The smallest absolute Gasteiger partial charge is 0.233 e. The van der Waals surface area contributed by atoms with Gasteiger partial charge in [-0.3, -0.25) is 9.69 Å². The molecule has 1 amide bonds. The van der Waals surface area contributed by atoms with Gasteiger partial charge in [-0.2, -0.15) is 0 Å². The summed E-state index contributed by atoms with van der Waals surface area (Å²) in [6.07, 6.45) is 0.384. The third-order valence-electron chi connectivity index (χ3n) is 2.12. The van der Waals surface area contributed by atoms with Crippen molar-refractivity contribution in [2.24, 2.45) is 0 Å². The summed E-state index contributed by atoms with van der Waals surface area (Å²) in [5.74, 6) is -0.0457. The number of aliphatic hydroxyl groups excluding tert-OH is 1. The minimum Gasteiger partial charge on any atom is -0.376 e. The molecule has 1 aliphatic heterocycles. The predicted octanol–water partition coefficient (Wildman–Crippen LogP) is 1.29. The summed E-state index contributed by atoms with van der Waals surface area (Å²) in [4.78, 5) is 12.7. The number of anilines is 1. The van der Waals surface area contributed by atoms with Gasteiger partial charge in [-0.15, -0.1) is 0 Å². The highest BCUT2D eigenvalue weighted by molar-refractivity contribution is 9.10. The molecule has 0 unspecified atom stereocenters. The van der Waals surface area contributed by atoms with Crippen LogP contribution in [0.25, 0.3) is 0 Å². The summed E-state index contributed by atoms with van der Waals surface area (Å²) < 4.78 is 0.957. The van der Waals surface area contributed by atoms with Gasteiger partial charge in [-0.25, -0.2) is 0 Å². The first-order valence-corrected chi connectivity index (χ1v) is 4.71. The average molecular weight is 242 g/mol. The summed E-state index contributed by atoms with van der Waals surface area (Å²) in [6, 6.07) is 5.60. The number of hydrogen-bond donors (Lipinski definition) is 1. The molecule has 1 aromatic carbocycles. The van der Waals surface area contributed by atoms with Gasteiger partial charge in [0.05, 0.1) is 6.42 Å². The van der Waals surface area contributed by atoms with Crippen molar-refractivity contribution in [2.75, 3.05) is 11.6 Å². The van der Waals surface area contributed by atoms with Crippen LogP contribution in [0.3, 0.4) is 0 Å². The highest BCUT2D eigenvalue weighted by Gasteiger charge is 2.26. The summed E-state index contributed by atoms with van der Waals surface area (Å²) in [5, 5.41) is 8.95. The van der Waals surface area contributed by atoms with E-state index in [2.05, 4.69) is 15.9 Å². The number of rotatable bonds is 1. The summed E-state index contributed by atoms with van der Waals surface area (Å²) >= 11 is 3.33. The maximum absolute atomic E-state index is 11.3. The summed E-state index contributed by atoms with van der Waals surface area (Å²) in [5.41, 5.74) is 1.78. The average Bonchev–Trinajstić information content (AvgIpc) is 2.39. The molecule has 0 saturated heterocycles. The van der Waals surface area contributed by atoms with E-state index in [1.807, 2.05) is 18.2 Å². The fourth-order valence-electron chi connectivity index (χ4n) is 1.51. The van der Waals surface area contributed by atoms with E-state index < -0.39 is 0 Å². The first kappa shape index (κ1) is 8.72. The lowest BCUT2D eigenvalue weighted by Crippen LogP contribution is -2.27. The lowest BCUT2D eigenvalue weighted by molar-refractivity contribution is -0.118. The number of carbonyl (C=O) groups is 1. The predicted molar refractivity (Wildman–Crippen MR) is 52.4 cm³/mol. The fourth-order valence-corrected chi connectivity index (χ4v) is 1.92. The van der Waals surface area contributed by atoms with Gasteiger partial charge in [-0.1, -0.05) is 15.9 Å². The van der Waals surface area contributed by atoms with Crippen molar-refractivity contribution in [3.8, 4) is 0 Å². The molecule has 2 rings (SSSR count). The van der Waals surface area contributed by atoms with E-state index in [9.17, 15) is 4.79 Å². The number of nitrogens with zero attached hydrogens (tertiary/aromatic N) is 1. The van der Waals surface area contributed by atoms with E-state index in [1.165, 1.54) is 4.90 Å². The number of amides is 1. The lowest BCUT2D eigenvalue weighted by Gasteiger charge is -2.12. The van der Waals surface area contributed by atoms with Crippen LogP contribution in [0.5, 0.6) is 0 Å². The minimum absolute atomic E-state index is 0.0457. The van der Waals surface area contributed by atoms with Crippen LogP contribution >= 0.6 is 15.9 Å². The Morgan fingerprint density at radius 3 is 3.00 bits per heavy atom. The Labute approximate surface area is 84.1 Å². The van der Waals surface area contributed by atoms with Gasteiger partial charge in [0.1, 0.15) is 6.73 Å². The molecule has 3 nitrogen and oxygen atoms in total. The second-order valence-electron chi connectivity index (χ2n) is 2.91. The SMILES string of the molecule is O=C1Cc2cc(Br)ccc2N1CO. The van der Waals surface area contributed by atoms with Crippen LogP contribution in [0.4, 0.5) is 5.69 Å². The van der Waals surface area contributed by atoms with Crippen molar-refractivity contribution in [1.82, 2.24) is 0 Å². The zero-order valence-corrected chi connectivity index (χ0v) is 8.41. The van der Waals surface area contributed by atoms with Crippen LogP contribution in [0.2, 0.25) is 0 Å². The molecule has 0 saturated carbocycles. The number of aliphatic hydroxyl groups is 1. The fraction of sp³-hybridized carbons (Fsp3) is 0.222. The standard InChI is InChI=1S/C9H8BrNO2/c10-7-1-2-8-6(3-7)4-9(13)11(8)5-12/h1-3,12H,4-5H2. The number of fused-ring (bicyclic) bond motifs is 1. The molecule has 0 fully saturated rings. The molecule has 0 atom stereocenters. The highest BCUT2D eigenvalue weighted by Crippen LogP contribution is 2.30. The van der Waals surface area contributed by atoms with Gasteiger partial charge in [0.15, 0.2) is 0 Å². The number of carbonyl (C=O) groups excluding carboxylic acids is 1. The molecule has 0 spiro atoms. The van der Waals surface area contributed by atoms with E-state index in [0.717, 1.165) is 15.7 Å². The molecule has 0 bridgehead atoms. The van der Waals surface area contributed by atoms with Crippen molar-refractivity contribution in [2.45, 2.75) is 6.42 Å². The van der Waals surface area contributed by atoms with Crippen LogP contribution in [-0.2, 0) is 11.2 Å². The Kier molecular flexibility index (Phi) is 2.09. The van der Waals surface area contributed by atoms with Crippen molar-refractivity contribution >= 4 is 27.5 Å². The molecule has 1 N–H and O–H groups in total. The highest BCUT2D eigenvalue weighted by atomic mass is 79.9. The van der Waals surface area contributed by atoms with Crippen molar-refractivity contribution < 1.29 is 9.90 Å². The van der Waals surface area contributed by atoms with E-state index in [1.54, 1.807) is 0 Å². The van der Waals surface area contributed by atoms with E-state index in [4.69, 9.17) is 5.11 Å². The van der Waals surface area contributed by atoms with Gasteiger partial charge >= 0.3 is 0 Å². The van der Waals surface area contributed by atoms with Gasteiger partial charge in [0.2, 0.25) is 5.91 Å². The lowest BCUT2D eigenvalue weighted by atomic mass is 10.2. The maximum atomic E-state index is 11.3. The van der Waals surface area contributed by atoms with Crippen LogP contribution in [0.1, 0.15) is 5.56 Å². The largest absolute Gasteiger partial charge is 0.376 e. The molecule has 0 aromatic heterocycles. The van der Waals surface area contributed by atoms with E-state index in [-0.39, 0.29) is 12.6 Å². The molecule has 4 heteroatoms. The van der Waals surface area contributed by atoms with Crippen molar-refractivity contribution in [3.63, 3.8) is 0 Å². The Morgan fingerprint density at radius 2 is 2.31 bits per heavy atom. The third-order valence-corrected chi connectivity index (χ3v) is 2.61. The minimum atomic E-state index is -0.243. The second-order valence-corrected chi connectivity index (χ2v) is 3.83. The number of benzene rings is 1. The first-order chi connectivity index (χ1) is 6.22. The first-order valence-electron chi connectivity index (χ1n) is 3.92. The zero-order valence-electron chi connectivity index (χ0n) is 6.83.